The lowest BCUT2D eigenvalue weighted by molar-refractivity contribution is 0.128. The molecule has 1 aromatic carbocycles. The molecule has 0 bridgehead atoms. The maximum Gasteiger partial charge on any atom is 0.228 e. The number of benzene rings is 1. The van der Waals surface area contributed by atoms with Gasteiger partial charge in [0, 0.05) is 24.5 Å². The van der Waals surface area contributed by atoms with Crippen LogP contribution in [0.4, 0.5) is 0 Å². The van der Waals surface area contributed by atoms with Crippen molar-refractivity contribution >= 4 is 0 Å². The van der Waals surface area contributed by atoms with Gasteiger partial charge in [0.2, 0.25) is 5.88 Å². The summed E-state index contributed by atoms with van der Waals surface area (Å²) >= 11 is 0. The highest BCUT2D eigenvalue weighted by Crippen LogP contribution is 2.41. The fourth-order valence-electron chi connectivity index (χ4n) is 3.96. The third kappa shape index (κ3) is 4.71. The van der Waals surface area contributed by atoms with Crippen LogP contribution in [0.5, 0.6) is 0 Å². The summed E-state index contributed by atoms with van der Waals surface area (Å²) in [6.45, 7) is 6.06. The third-order valence-corrected chi connectivity index (χ3v) is 5.70. The fourth-order valence-corrected chi connectivity index (χ4v) is 3.96. The van der Waals surface area contributed by atoms with Crippen molar-refractivity contribution < 1.29 is 4.74 Å². The van der Waals surface area contributed by atoms with Crippen LogP contribution < -0.4 is 5.32 Å². The van der Waals surface area contributed by atoms with Crippen molar-refractivity contribution in [3.05, 3.63) is 47.9 Å². The van der Waals surface area contributed by atoms with E-state index in [1.54, 1.807) is 0 Å². The lowest BCUT2D eigenvalue weighted by atomic mass is 10.0. The minimum atomic E-state index is 0.293. The number of hydrogen-bond acceptors (Lipinski definition) is 5. The Morgan fingerprint density at radius 3 is 2.73 bits per heavy atom. The number of hydrogen-bond donors (Lipinski definition) is 1. The SMILES string of the molecule is CC1CC=C(OCCN2CCC(N[C@@H]3CC3c3ccccc3)CC2)N=N1. The molecule has 3 atom stereocenters. The summed E-state index contributed by atoms with van der Waals surface area (Å²) in [5, 5.41) is 12.1. The minimum absolute atomic E-state index is 0.293. The van der Waals surface area contributed by atoms with E-state index in [0.717, 1.165) is 32.0 Å². The lowest BCUT2D eigenvalue weighted by Crippen LogP contribution is -2.44. The standard InChI is InChI=1S/C21H30N4O/c1-16-7-8-21(24-23-16)26-14-13-25-11-9-18(10-12-25)22-20-15-19(20)17-5-3-2-4-6-17/h2-6,8,16,18-20,22H,7,9-15H2,1H3/t16?,19?,20-/m1/s1. The Balaban J connectivity index is 1.11. The predicted octanol–water partition coefficient (Wildman–Crippen LogP) is 3.70. The number of nitrogens with zero attached hydrogens (tertiary/aromatic N) is 3. The van der Waals surface area contributed by atoms with Crippen molar-refractivity contribution in [2.75, 3.05) is 26.2 Å². The van der Waals surface area contributed by atoms with Crippen LogP contribution in [0, 0.1) is 0 Å². The van der Waals surface area contributed by atoms with Crippen LogP contribution in [0.2, 0.25) is 0 Å². The minimum Gasteiger partial charge on any atom is -0.475 e. The summed E-state index contributed by atoms with van der Waals surface area (Å²) in [5.41, 5.74) is 1.49. The van der Waals surface area contributed by atoms with E-state index in [-0.39, 0.29) is 0 Å². The Morgan fingerprint density at radius 2 is 2.00 bits per heavy atom. The van der Waals surface area contributed by atoms with Gasteiger partial charge in [-0.3, -0.25) is 4.90 Å². The monoisotopic (exact) mass is 354 g/mol. The molecule has 0 amide bonds. The highest BCUT2D eigenvalue weighted by atomic mass is 16.5. The van der Waals surface area contributed by atoms with E-state index >= 15 is 0 Å². The van der Waals surface area contributed by atoms with Crippen LogP contribution in [0.25, 0.3) is 0 Å². The van der Waals surface area contributed by atoms with E-state index in [4.69, 9.17) is 4.74 Å². The number of rotatable bonds is 7. The third-order valence-electron chi connectivity index (χ3n) is 5.70. The largest absolute Gasteiger partial charge is 0.475 e. The molecule has 2 fully saturated rings. The molecule has 1 aromatic rings. The number of likely N-dealkylation sites (tertiary alicyclic amines) is 1. The molecule has 3 aliphatic rings. The van der Waals surface area contributed by atoms with Gasteiger partial charge in [-0.25, -0.2) is 0 Å². The van der Waals surface area contributed by atoms with E-state index < -0.39 is 0 Å². The normalized spacial score (nSPS) is 29.4. The molecule has 2 heterocycles. The number of ether oxygens (including phenoxy) is 1. The van der Waals surface area contributed by atoms with Crippen LogP contribution >= 0.6 is 0 Å². The van der Waals surface area contributed by atoms with Gasteiger partial charge in [0.15, 0.2) is 0 Å². The maximum atomic E-state index is 5.74. The van der Waals surface area contributed by atoms with Crippen molar-refractivity contribution in [2.45, 2.75) is 56.7 Å². The second-order valence-electron chi connectivity index (χ2n) is 7.83. The van der Waals surface area contributed by atoms with Crippen molar-refractivity contribution in [1.82, 2.24) is 10.2 Å². The first kappa shape index (κ1) is 17.7. The summed E-state index contributed by atoms with van der Waals surface area (Å²) < 4.78 is 5.74. The Hall–Kier alpha value is -1.72. The van der Waals surface area contributed by atoms with Crippen molar-refractivity contribution in [3.63, 3.8) is 0 Å². The first-order chi connectivity index (χ1) is 12.8. The van der Waals surface area contributed by atoms with Crippen LogP contribution in [0.15, 0.2) is 52.5 Å². The van der Waals surface area contributed by atoms with E-state index in [2.05, 4.69) is 57.7 Å². The summed E-state index contributed by atoms with van der Waals surface area (Å²) in [4.78, 5) is 2.50. The number of azo groups is 1. The predicted molar refractivity (Wildman–Crippen MR) is 103 cm³/mol. The molecule has 26 heavy (non-hydrogen) atoms. The second-order valence-corrected chi connectivity index (χ2v) is 7.83. The second kappa shape index (κ2) is 8.31. The zero-order valence-corrected chi connectivity index (χ0v) is 15.7. The molecular formula is C21H30N4O. The average Bonchev–Trinajstić information content (AvgIpc) is 3.45. The Labute approximate surface area is 156 Å². The first-order valence-electron chi connectivity index (χ1n) is 10.0. The summed E-state index contributed by atoms with van der Waals surface area (Å²) in [5.74, 6) is 1.42. The van der Waals surface area contributed by atoms with Gasteiger partial charge in [0.1, 0.15) is 6.61 Å². The van der Waals surface area contributed by atoms with Gasteiger partial charge in [0.05, 0.1) is 6.04 Å². The van der Waals surface area contributed by atoms with Gasteiger partial charge in [-0.2, -0.15) is 5.11 Å². The van der Waals surface area contributed by atoms with Gasteiger partial charge in [0.25, 0.3) is 0 Å². The highest BCUT2D eigenvalue weighted by Gasteiger charge is 2.39. The molecule has 0 radical (unpaired) electrons. The first-order valence-corrected chi connectivity index (χ1v) is 10.0. The van der Waals surface area contributed by atoms with E-state index in [0.29, 0.717) is 30.6 Å². The summed E-state index contributed by atoms with van der Waals surface area (Å²) in [6, 6.07) is 12.6. The zero-order valence-electron chi connectivity index (χ0n) is 15.7. The van der Waals surface area contributed by atoms with Crippen LogP contribution in [-0.4, -0.2) is 49.3 Å². The lowest BCUT2D eigenvalue weighted by Gasteiger charge is -2.32. The summed E-state index contributed by atoms with van der Waals surface area (Å²) in [7, 11) is 0. The van der Waals surface area contributed by atoms with E-state index in [9.17, 15) is 0 Å². The maximum absolute atomic E-state index is 5.74. The van der Waals surface area contributed by atoms with Crippen LogP contribution in [-0.2, 0) is 4.74 Å². The van der Waals surface area contributed by atoms with Crippen molar-refractivity contribution in [2.24, 2.45) is 10.2 Å². The molecule has 2 aliphatic heterocycles. The molecule has 4 rings (SSSR count). The molecule has 0 aromatic heterocycles. The number of nitrogens with one attached hydrogen (secondary N) is 1. The van der Waals surface area contributed by atoms with Crippen LogP contribution in [0.3, 0.4) is 0 Å². The Morgan fingerprint density at radius 1 is 1.19 bits per heavy atom. The van der Waals surface area contributed by atoms with E-state index in [1.807, 2.05) is 6.08 Å². The summed E-state index contributed by atoms with van der Waals surface area (Å²) in [6.07, 6.45) is 6.74. The molecule has 2 unspecified atom stereocenters. The van der Waals surface area contributed by atoms with Gasteiger partial charge < -0.3 is 10.1 Å². The quantitative estimate of drug-likeness (QED) is 0.812. The molecule has 1 aliphatic carbocycles. The van der Waals surface area contributed by atoms with Gasteiger partial charge in [-0.15, -0.1) is 5.11 Å². The Kier molecular flexibility index (Phi) is 5.65. The van der Waals surface area contributed by atoms with Gasteiger partial charge in [-0.1, -0.05) is 30.3 Å². The van der Waals surface area contributed by atoms with Gasteiger partial charge >= 0.3 is 0 Å². The smallest absolute Gasteiger partial charge is 0.228 e. The molecule has 1 saturated heterocycles. The average molecular weight is 354 g/mol. The molecule has 1 N–H and O–H groups in total. The van der Waals surface area contributed by atoms with Crippen LogP contribution in [0.1, 0.15) is 44.1 Å². The Bertz CT molecular complexity index is 637. The molecule has 1 saturated carbocycles. The van der Waals surface area contributed by atoms with E-state index in [1.165, 1.54) is 24.8 Å². The topological polar surface area (TPSA) is 49.2 Å². The molecule has 5 nitrogen and oxygen atoms in total. The van der Waals surface area contributed by atoms with Gasteiger partial charge in [-0.05, 0) is 57.3 Å². The molecule has 0 spiro atoms. The number of piperidine rings is 1. The fraction of sp³-hybridized carbons (Fsp3) is 0.619. The zero-order chi connectivity index (χ0) is 17.8. The van der Waals surface area contributed by atoms with Crippen molar-refractivity contribution in [1.29, 1.82) is 0 Å². The molecule has 140 valence electrons. The molecule has 5 heteroatoms. The highest BCUT2D eigenvalue weighted by molar-refractivity contribution is 5.27. The van der Waals surface area contributed by atoms with Crippen molar-refractivity contribution in [3.8, 4) is 0 Å². The molecular weight excluding hydrogens is 324 g/mol.